The Kier molecular flexibility index (Phi) is 4.86. The van der Waals surface area contributed by atoms with Crippen LogP contribution in [0.5, 0.6) is 0 Å². The number of fused-ring (bicyclic) bond motifs is 1. The third-order valence-electron chi connectivity index (χ3n) is 3.73. The van der Waals surface area contributed by atoms with Crippen molar-refractivity contribution in [2.24, 2.45) is 0 Å². The molecule has 0 atom stereocenters. The minimum absolute atomic E-state index is 0.107. The van der Waals surface area contributed by atoms with Gasteiger partial charge in [0.25, 0.3) is 5.69 Å². The molecule has 3 rings (SSSR count). The van der Waals surface area contributed by atoms with Crippen LogP contribution in [0, 0.1) is 10.1 Å². The molecule has 3 aromatic rings. The zero-order valence-corrected chi connectivity index (χ0v) is 14.4. The number of carbonyl (C=O) groups is 1. The van der Waals surface area contributed by atoms with Crippen molar-refractivity contribution >= 4 is 40.0 Å². The van der Waals surface area contributed by atoms with E-state index in [0.717, 1.165) is 28.8 Å². The molecule has 0 aliphatic carbocycles. The maximum Gasteiger partial charge on any atom is 0.420 e. The molecule has 1 amide bonds. The van der Waals surface area contributed by atoms with E-state index in [0.29, 0.717) is 6.07 Å². The Morgan fingerprint density at radius 2 is 1.96 bits per heavy atom. The lowest BCUT2D eigenvalue weighted by molar-refractivity contribution is -0.384. The van der Waals surface area contributed by atoms with Crippen molar-refractivity contribution in [3.8, 4) is 0 Å². The largest absolute Gasteiger partial charge is 0.420 e. The van der Waals surface area contributed by atoms with Crippen LogP contribution >= 0.6 is 11.6 Å². The summed E-state index contributed by atoms with van der Waals surface area (Å²) in [7, 11) is 0. The molecule has 28 heavy (non-hydrogen) atoms. The van der Waals surface area contributed by atoms with Crippen LogP contribution in [0.4, 0.5) is 24.5 Å². The number of nitrogens with one attached hydrogen (secondary N) is 1. The Morgan fingerprint density at radius 1 is 1.25 bits per heavy atom. The predicted octanol–water partition coefficient (Wildman–Crippen LogP) is 3.81. The number of hydrogen-bond donors (Lipinski definition) is 1. The van der Waals surface area contributed by atoms with Crippen molar-refractivity contribution < 1.29 is 27.3 Å². The molecular weight excluding hydrogens is 407 g/mol. The minimum atomic E-state index is -4.63. The first-order valence-electron chi connectivity index (χ1n) is 7.50. The zero-order chi connectivity index (χ0) is 20.6. The number of benzene rings is 2. The fourth-order valence-electron chi connectivity index (χ4n) is 2.45. The Hall–Kier alpha value is -3.34. The summed E-state index contributed by atoms with van der Waals surface area (Å²) in [5.74, 6) is -1.80. The lowest BCUT2D eigenvalue weighted by atomic mass is 10.2. The molecule has 1 N–H and O–H groups in total. The number of nitro groups is 1. The molecule has 0 radical (unpaired) electrons. The van der Waals surface area contributed by atoms with E-state index in [9.17, 15) is 32.9 Å². The Bertz CT molecular complexity index is 1150. The normalized spacial score (nSPS) is 11.6. The van der Waals surface area contributed by atoms with Crippen LogP contribution in [0.15, 0.2) is 45.6 Å². The average molecular weight is 416 g/mol. The number of nitro benzene ring substituents is 1. The number of alkyl halides is 3. The maximum absolute atomic E-state index is 12.8. The van der Waals surface area contributed by atoms with Crippen LogP contribution in [0.25, 0.3) is 11.1 Å². The van der Waals surface area contributed by atoms with Gasteiger partial charge in [0, 0.05) is 6.07 Å². The quantitative estimate of drug-likeness (QED) is 0.515. The van der Waals surface area contributed by atoms with Crippen LogP contribution in [0.3, 0.4) is 0 Å². The average Bonchev–Trinajstić information content (AvgIpc) is 2.90. The number of aromatic nitrogens is 1. The molecule has 146 valence electrons. The number of nitrogens with zero attached hydrogens (tertiary/aromatic N) is 2. The van der Waals surface area contributed by atoms with Crippen LogP contribution in [-0.4, -0.2) is 15.4 Å². The van der Waals surface area contributed by atoms with Crippen molar-refractivity contribution in [3.05, 3.63) is 67.6 Å². The molecule has 2 aromatic carbocycles. The van der Waals surface area contributed by atoms with Crippen LogP contribution in [-0.2, 0) is 17.5 Å². The number of halogens is 4. The van der Waals surface area contributed by atoms with Crippen LogP contribution in [0.1, 0.15) is 5.56 Å². The number of non-ortho nitro benzene ring substituents is 1. The minimum Gasteiger partial charge on any atom is -0.407 e. The Morgan fingerprint density at radius 3 is 2.61 bits per heavy atom. The summed E-state index contributed by atoms with van der Waals surface area (Å²) >= 11 is 5.81. The zero-order valence-electron chi connectivity index (χ0n) is 13.6. The smallest absolute Gasteiger partial charge is 0.407 e. The first-order chi connectivity index (χ1) is 13.1. The summed E-state index contributed by atoms with van der Waals surface area (Å²) in [5.41, 5.74) is -1.60. The number of anilines is 1. The van der Waals surface area contributed by atoms with Crippen molar-refractivity contribution in [2.75, 3.05) is 5.32 Å². The molecule has 0 bridgehead atoms. The molecule has 8 nitrogen and oxygen atoms in total. The number of rotatable bonds is 4. The molecule has 0 aliphatic rings. The Balaban J connectivity index is 1.87. The van der Waals surface area contributed by atoms with Gasteiger partial charge in [0.05, 0.1) is 32.8 Å². The van der Waals surface area contributed by atoms with Gasteiger partial charge in [-0.3, -0.25) is 19.5 Å². The lowest BCUT2D eigenvalue weighted by Crippen LogP contribution is -2.25. The molecule has 1 heterocycles. The number of hydrogen-bond acceptors (Lipinski definition) is 5. The fourth-order valence-corrected chi connectivity index (χ4v) is 2.61. The first-order valence-corrected chi connectivity index (χ1v) is 7.88. The highest BCUT2D eigenvalue weighted by atomic mass is 35.5. The van der Waals surface area contributed by atoms with Gasteiger partial charge in [-0.25, -0.2) is 4.79 Å². The topological polar surface area (TPSA) is 107 Å². The van der Waals surface area contributed by atoms with Crippen LogP contribution in [0.2, 0.25) is 5.02 Å². The SMILES string of the molecule is O=C(Cn1c(=O)oc2cc([N+](=O)[O-])ccc21)Nc1cc(C(F)(F)F)ccc1Cl. The molecule has 0 aliphatic heterocycles. The third kappa shape index (κ3) is 3.83. The monoisotopic (exact) mass is 415 g/mol. The summed E-state index contributed by atoms with van der Waals surface area (Å²) in [6.45, 7) is -0.601. The Labute approximate surface area is 158 Å². The first kappa shape index (κ1) is 19.4. The molecule has 0 spiro atoms. The van der Waals surface area contributed by atoms with E-state index < -0.39 is 34.9 Å². The van der Waals surface area contributed by atoms with Gasteiger partial charge < -0.3 is 9.73 Å². The third-order valence-corrected chi connectivity index (χ3v) is 4.06. The van der Waals surface area contributed by atoms with Gasteiger partial charge in [-0.1, -0.05) is 11.6 Å². The highest BCUT2D eigenvalue weighted by Crippen LogP contribution is 2.33. The second kappa shape index (κ2) is 7.00. The van der Waals surface area contributed by atoms with Gasteiger partial charge in [-0.15, -0.1) is 0 Å². The van der Waals surface area contributed by atoms with Gasteiger partial charge in [0.2, 0.25) is 5.91 Å². The van der Waals surface area contributed by atoms with Gasteiger partial charge >= 0.3 is 11.9 Å². The number of amides is 1. The van der Waals surface area contributed by atoms with E-state index >= 15 is 0 Å². The summed E-state index contributed by atoms with van der Waals surface area (Å²) in [6, 6.07) is 5.78. The van der Waals surface area contributed by atoms with Gasteiger partial charge in [0.15, 0.2) is 5.58 Å². The molecule has 12 heteroatoms. The van der Waals surface area contributed by atoms with Gasteiger partial charge in [-0.05, 0) is 24.3 Å². The molecule has 0 unspecified atom stereocenters. The second-order valence-electron chi connectivity index (χ2n) is 5.60. The molecule has 0 saturated carbocycles. The highest BCUT2D eigenvalue weighted by Gasteiger charge is 2.31. The standard InChI is InChI=1S/C16H9ClF3N3O5/c17-10-3-1-8(16(18,19)20)5-11(10)21-14(24)7-22-12-4-2-9(23(26)27)6-13(12)28-15(22)25/h1-6H,7H2,(H,21,24). The van der Waals surface area contributed by atoms with Crippen LogP contribution < -0.4 is 11.1 Å². The van der Waals surface area contributed by atoms with Crippen molar-refractivity contribution in [3.63, 3.8) is 0 Å². The van der Waals surface area contributed by atoms with Gasteiger partial charge in [0.1, 0.15) is 6.54 Å². The predicted molar refractivity (Wildman–Crippen MR) is 92.2 cm³/mol. The second-order valence-corrected chi connectivity index (χ2v) is 6.01. The van der Waals surface area contributed by atoms with E-state index in [1.165, 1.54) is 6.07 Å². The fraction of sp³-hybridized carbons (Fsp3) is 0.125. The van der Waals surface area contributed by atoms with E-state index in [1.54, 1.807) is 0 Å². The summed E-state index contributed by atoms with van der Waals surface area (Å²) in [5, 5.41) is 12.8. The summed E-state index contributed by atoms with van der Waals surface area (Å²) in [4.78, 5) is 34.2. The highest BCUT2D eigenvalue weighted by molar-refractivity contribution is 6.33. The summed E-state index contributed by atoms with van der Waals surface area (Å²) in [6.07, 6.45) is -4.63. The summed E-state index contributed by atoms with van der Waals surface area (Å²) < 4.78 is 44.2. The van der Waals surface area contributed by atoms with Crippen molar-refractivity contribution in [1.82, 2.24) is 4.57 Å². The van der Waals surface area contributed by atoms with E-state index in [-0.39, 0.29) is 27.5 Å². The molecule has 0 fully saturated rings. The molecule has 1 aromatic heterocycles. The van der Waals surface area contributed by atoms with E-state index in [4.69, 9.17) is 16.0 Å². The van der Waals surface area contributed by atoms with E-state index in [2.05, 4.69) is 5.32 Å². The lowest BCUT2D eigenvalue weighted by Gasteiger charge is -2.11. The molecular formula is C16H9ClF3N3O5. The molecule has 0 saturated heterocycles. The van der Waals surface area contributed by atoms with Crippen molar-refractivity contribution in [2.45, 2.75) is 12.7 Å². The number of carbonyl (C=O) groups excluding carboxylic acids is 1. The van der Waals surface area contributed by atoms with Gasteiger partial charge in [-0.2, -0.15) is 13.2 Å². The maximum atomic E-state index is 12.8. The van der Waals surface area contributed by atoms with Crippen molar-refractivity contribution in [1.29, 1.82) is 0 Å². The number of oxazole rings is 1. The van der Waals surface area contributed by atoms with E-state index in [1.807, 2.05) is 0 Å².